The number of aliphatic hydroxyl groups is 1. The number of benzene rings is 1. The van der Waals surface area contributed by atoms with Crippen LogP contribution in [0.3, 0.4) is 0 Å². The van der Waals surface area contributed by atoms with E-state index in [0.717, 1.165) is 0 Å². The van der Waals surface area contributed by atoms with E-state index in [0.29, 0.717) is 31.5 Å². The van der Waals surface area contributed by atoms with Crippen LogP contribution in [0.5, 0.6) is 0 Å². The first-order valence-electron chi connectivity index (χ1n) is 7.29. The molecular formula is C16H21NO4S. The quantitative estimate of drug-likeness (QED) is 0.798. The van der Waals surface area contributed by atoms with Gasteiger partial charge in [-0.15, -0.1) is 6.42 Å². The number of piperidine rings is 1. The van der Waals surface area contributed by atoms with E-state index in [-0.39, 0.29) is 18.5 Å². The van der Waals surface area contributed by atoms with Crippen molar-refractivity contribution in [2.24, 2.45) is 0 Å². The highest BCUT2D eigenvalue weighted by atomic mass is 32.2. The van der Waals surface area contributed by atoms with Gasteiger partial charge in [-0.2, -0.15) is 0 Å². The molecule has 0 radical (unpaired) electrons. The van der Waals surface area contributed by atoms with E-state index < -0.39 is 16.1 Å². The first-order valence-corrected chi connectivity index (χ1v) is 8.90. The normalized spacial score (nSPS) is 18.7. The second kappa shape index (κ2) is 7.75. The first-order chi connectivity index (χ1) is 10.5. The zero-order chi connectivity index (χ0) is 16.0. The van der Waals surface area contributed by atoms with Gasteiger partial charge in [-0.05, 0) is 18.4 Å². The molecule has 22 heavy (non-hydrogen) atoms. The minimum atomic E-state index is -3.49. The summed E-state index contributed by atoms with van der Waals surface area (Å²) < 4.78 is 31.6. The van der Waals surface area contributed by atoms with E-state index in [1.165, 1.54) is 4.31 Å². The number of rotatable bonds is 6. The van der Waals surface area contributed by atoms with Gasteiger partial charge < -0.3 is 9.84 Å². The second-order valence-electron chi connectivity index (χ2n) is 5.32. The third kappa shape index (κ3) is 4.55. The van der Waals surface area contributed by atoms with Crippen molar-refractivity contribution in [3.8, 4) is 12.3 Å². The van der Waals surface area contributed by atoms with Crippen molar-refractivity contribution in [2.45, 2.75) is 25.0 Å². The number of terminal acetylenes is 1. The number of sulfonamides is 1. The minimum absolute atomic E-state index is 0.0153. The fourth-order valence-electron chi connectivity index (χ4n) is 2.52. The highest BCUT2D eigenvalue weighted by Gasteiger charge is 2.30. The Balaban J connectivity index is 1.90. The summed E-state index contributed by atoms with van der Waals surface area (Å²) in [6.45, 7) is 1.06. The van der Waals surface area contributed by atoms with Gasteiger partial charge in [-0.3, -0.25) is 0 Å². The molecule has 2 rings (SSSR count). The average molecular weight is 323 g/mol. The predicted octanol–water partition coefficient (Wildman–Crippen LogP) is 1.16. The Bertz CT molecular complexity index is 601. The molecule has 1 aromatic carbocycles. The molecule has 1 aliphatic rings. The molecular weight excluding hydrogens is 302 g/mol. The van der Waals surface area contributed by atoms with Gasteiger partial charge in [0.15, 0.2) is 0 Å². The van der Waals surface area contributed by atoms with Gasteiger partial charge in [0.25, 0.3) is 0 Å². The molecule has 1 fully saturated rings. The van der Waals surface area contributed by atoms with Crippen molar-refractivity contribution >= 4 is 10.0 Å². The Hall–Kier alpha value is -1.39. The van der Waals surface area contributed by atoms with E-state index in [2.05, 4.69) is 5.92 Å². The van der Waals surface area contributed by atoms with Crippen molar-refractivity contribution in [1.82, 2.24) is 4.31 Å². The van der Waals surface area contributed by atoms with Crippen molar-refractivity contribution in [3.63, 3.8) is 0 Å². The second-order valence-corrected chi connectivity index (χ2v) is 7.33. The van der Waals surface area contributed by atoms with Crippen molar-refractivity contribution in [1.29, 1.82) is 0 Å². The maximum absolute atomic E-state index is 12.4. The van der Waals surface area contributed by atoms with Crippen LogP contribution in [0, 0.1) is 12.3 Å². The fourth-order valence-corrected chi connectivity index (χ4v) is 4.09. The molecule has 0 saturated carbocycles. The van der Waals surface area contributed by atoms with Gasteiger partial charge in [0, 0.05) is 13.1 Å². The smallest absolute Gasteiger partial charge is 0.217 e. The van der Waals surface area contributed by atoms with Crippen LogP contribution < -0.4 is 0 Å². The van der Waals surface area contributed by atoms with Gasteiger partial charge in [0.2, 0.25) is 10.0 Å². The minimum Gasteiger partial charge on any atom is -0.387 e. The molecule has 1 aromatic rings. The Morgan fingerprint density at radius 2 is 1.95 bits per heavy atom. The zero-order valence-corrected chi connectivity index (χ0v) is 13.2. The first kappa shape index (κ1) is 17.0. The van der Waals surface area contributed by atoms with Crippen LogP contribution in [-0.4, -0.2) is 49.4 Å². The van der Waals surface area contributed by atoms with Gasteiger partial charge in [-0.1, -0.05) is 36.3 Å². The standard InChI is InChI=1S/C16H21NO4S/c1-2-12-21-15-8-10-17(11-9-15)22(19,20)13-16(18)14-6-4-3-5-7-14/h1,3-7,15-16,18H,8-13H2. The lowest BCUT2D eigenvalue weighted by atomic mass is 10.1. The number of ether oxygens (including phenoxy) is 1. The Morgan fingerprint density at radius 3 is 2.55 bits per heavy atom. The Morgan fingerprint density at radius 1 is 1.32 bits per heavy atom. The van der Waals surface area contributed by atoms with Crippen LogP contribution in [-0.2, 0) is 14.8 Å². The van der Waals surface area contributed by atoms with Crippen LogP contribution in [0.15, 0.2) is 30.3 Å². The molecule has 0 amide bonds. The highest BCUT2D eigenvalue weighted by Crippen LogP contribution is 2.21. The molecule has 6 heteroatoms. The summed E-state index contributed by atoms with van der Waals surface area (Å²) in [6.07, 6.45) is 5.40. The summed E-state index contributed by atoms with van der Waals surface area (Å²) in [5, 5.41) is 10.1. The molecule has 5 nitrogen and oxygen atoms in total. The molecule has 0 aliphatic carbocycles. The molecule has 0 bridgehead atoms. The van der Waals surface area contributed by atoms with Crippen molar-refractivity contribution in [3.05, 3.63) is 35.9 Å². The SMILES string of the molecule is C#CCOC1CCN(S(=O)(=O)CC(O)c2ccccc2)CC1. The average Bonchev–Trinajstić information content (AvgIpc) is 2.53. The summed E-state index contributed by atoms with van der Waals surface area (Å²) in [6, 6.07) is 8.82. The van der Waals surface area contributed by atoms with E-state index in [1.807, 2.05) is 6.07 Å². The van der Waals surface area contributed by atoms with Gasteiger partial charge >= 0.3 is 0 Å². The fraction of sp³-hybridized carbons (Fsp3) is 0.500. The van der Waals surface area contributed by atoms with Crippen LogP contribution in [0.4, 0.5) is 0 Å². The molecule has 1 saturated heterocycles. The third-order valence-electron chi connectivity index (χ3n) is 3.75. The summed E-state index contributed by atoms with van der Waals surface area (Å²) in [5.41, 5.74) is 0.610. The van der Waals surface area contributed by atoms with Crippen LogP contribution in [0.1, 0.15) is 24.5 Å². The topological polar surface area (TPSA) is 66.8 Å². The van der Waals surface area contributed by atoms with Gasteiger partial charge in [0.05, 0.1) is 18.0 Å². The number of hydrogen-bond acceptors (Lipinski definition) is 4. The third-order valence-corrected chi connectivity index (χ3v) is 5.64. The van der Waals surface area contributed by atoms with Crippen LogP contribution in [0.25, 0.3) is 0 Å². The maximum Gasteiger partial charge on any atom is 0.217 e. The summed E-state index contributed by atoms with van der Waals surface area (Å²) in [4.78, 5) is 0. The lowest BCUT2D eigenvalue weighted by Gasteiger charge is -2.31. The van der Waals surface area contributed by atoms with Gasteiger partial charge in [0.1, 0.15) is 6.61 Å². The van der Waals surface area contributed by atoms with E-state index in [9.17, 15) is 13.5 Å². The van der Waals surface area contributed by atoms with E-state index >= 15 is 0 Å². The summed E-state index contributed by atoms with van der Waals surface area (Å²) in [7, 11) is -3.49. The number of nitrogens with zero attached hydrogens (tertiary/aromatic N) is 1. The van der Waals surface area contributed by atoms with E-state index in [1.54, 1.807) is 24.3 Å². The number of aliphatic hydroxyl groups excluding tert-OH is 1. The molecule has 0 aromatic heterocycles. The van der Waals surface area contributed by atoms with Crippen molar-refractivity contribution < 1.29 is 18.3 Å². The van der Waals surface area contributed by atoms with Crippen LogP contribution >= 0.6 is 0 Å². The summed E-state index contributed by atoms with van der Waals surface area (Å²) >= 11 is 0. The zero-order valence-electron chi connectivity index (χ0n) is 12.4. The van der Waals surface area contributed by atoms with Gasteiger partial charge in [-0.25, -0.2) is 12.7 Å². The lowest BCUT2D eigenvalue weighted by Crippen LogP contribution is -2.42. The monoisotopic (exact) mass is 323 g/mol. The highest BCUT2D eigenvalue weighted by molar-refractivity contribution is 7.89. The largest absolute Gasteiger partial charge is 0.387 e. The predicted molar refractivity (Wildman–Crippen MR) is 84.6 cm³/mol. The lowest BCUT2D eigenvalue weighted by molar-refractivity contribution is 0.0408. The Kier molecular flexibility index (Phi) is 5.98. The van der Waals surface area contributed by atoms with Crippen LogP contribution in [0.2, 0.25) is 0 Å². The maximum atomic E-state index is 12.4. The summed E-state index contributed by atoms with van der Waals surface area (Å²) in [5.74, 6) is 2.11. The molecule has 1 atom stereocenters. The molecule has 1 N–H and O–H groups in total. The molecule has 1 heterocycles. The Labute approximate surface area is 132 Å². The molecule has 120 valence electrons. The van der Waals surface area contributed by atoms with Crippen molar-refractivity contribution in [2.75, 3.05) is 25.4 Å². The molecule has 1 unspecified atom stereocenters. The number of hydrogen-bond donors (Lipinski definition) is 1. The molecule has 0 spiro atoms. The molecule has 1 aliphatic heterocycles. The van der Waals surface area contributed by atoms with E-state index in [4.69, 9.17) is 11.2 Å².